The van der Waals surface area contributed by atoms with Crippen molar-refractivity contribution in [1.29, 1.82) is 0 Å². The van der Waals surface area contributed by atoms with Crippen molar-refractivity contribution in [1.82, 2.24) is 9.88 Å². The van der Waals surface area contributed by atoms with Crippen molar-refractivity contribution in [2.24, 2.45) is 0 Å². The molecule has 1 fully saturated rings. The third kappa shape index (κ3) is 2.43. The number of benzene rings is 1. The number of ether oxygens (including phenoxy) is 1. The van der Waals surface area contributed by atoms with E-state index in [0.717, 1.165) is 32.2 Å². The number of nitrogens with zero attached hydrogens (tertiary/aromatic N) is 1. The molecule has 0 radical (unpaired) electrons. The topological polar surface area (TPSA) is 28.3 Å². The van der Waals surface area contributed by atoms with Crippen LogP contribution in [0.15, 0.2) is 36.5 Å². The Balaban J connectivity index is 1.53. The largest absolute Gasteiger partial charge is 0.377 e. The third-order valence-electron chi connectivity index (χ3n) is 5.89. The number of fused-ring (bicyclic) bond motifs is 2. The van der Waals surface area contributed by atoms with Crippen LogP contribution in [0.2, 0.25) is 0 Å². The molecule has 0 unspecified atom stereocenters. The molecule has 0 aliphatic carbocycles. The maximum Gasteiger partial charge on any atom is 0.0653 e. The van der Waals surface area contributed by atoms with Crippen molar-refractivity contribution in [3.63, 3.8) is 0 Å². The summed E-state index contributed by atoms with van der Waals surface area (Å²) >= 11 is 0. The molecule has 5 rings (SSSR count). The zero-order valence-electron chi connectivity index (χ0n) is 14.1. The molecule has 24 heavy (non-hydrogen) atoms. The molecule has 3 aliphatic rings. The first kappa shape index (κ1) is 14.5. The first-order chi connectivity index (χ1) is 11.9. The quantitative estimate of drug-likeness (QED) is 0.897. The van der Waals surface area contributed by atoms with Gasteiger partial charge in [-0.1, -0.05) is 18.2 Å². The number of aromatic amines is 1. The molecule has 1 saturated heterocycles. The van der Waals surface area contributed by atoms with E-state index in [1.165, 1.54) is 59.0 Å². The van der Waals surface area contributed by atoms with Crippen molar-refractivity contribution >= 4 is 22.0 Å². The third-order valence-corrected chi connectivity index (χ3v) is 5.89. The van der Waals surface area contributed by atoms with Gasteiger partial charge in [0.05, 0.1) is 13.2 Å². The van der Waals surface area contributed by atoms with Crippen molar-refractivity contribution < 1.29 is 4.74 Å². The summed E-state index contributed by atoms with van der Waals surface area (Å²) in [6.07, 6.45) is 11.8. The van der Waals surface area contributed by atoms with E-state index in [-0.39, 0.29) is 0 Å². The van der Waals surface area contributed by atoms with Gasteiger partial charge in [-0.25, -0.2) is 0 Å². The molecule has 124 valence electrons. The summed E-state index contributed by atoms with van der Waals surface area (Å²) in [5, 5.41) is 1.37. The molecule has 0 bridgehead atoms. The summed E-state index contributed by atoms with van der Waals surface area (Å²) in [5.74, 6) is 0. The summed E-state index contributed by atoms with van der Waals surface area (Å²) in [6.45, 7) is 3.99. The second kappa shape index (κ2) is 5.91. The lowest BCUT2D eigenvalue weighted by Gasteiger charge is -2.29. The number of nitrogens with one attached hydrogen (secondary N) is 1. The van der Waals surface area contributed by atoms with E-state index in [1.807, 2.05) is 0 Å². The van der Waals surface area contributed by atoms with Gasteiger partial charge >= 0.3 is 0 Å². The molecule has 0 amide bonds. The highest BCUT2D eigenvalue weighted by Crippen LogP contribution is 2.36. The molecular formula is C21H24N2O. The fourth-order valence-corrected chi connectivity index (χ4v) is 4.53. The Labute approximate surface area is 143 Å². The number of hydrogen-bond donors (Lipinski definition) is 1. The van der Waals surface area contributed by atoms with Gasteiger partial charge < -0.3 is 9.72 Å². The molecule has 1 aromatic carbocycles. The average Bonchev–Trinajstić information content (AvgIpc) is 3.27. The van der Waals surface area contributed by atoms with Gasteiger partial charge in [0, 0.05) is 35.2 Å². The van der Waals surface area contributed by atoms with Crippen LogP contribution in [-0.2, 0) is 4.74 Å². The summed E-state index contributed by atoms with van der Waals surface area (Å²) < 4.78 is 5.46. The van der Waals surface area contributed by atoms with Gasteiger partial charge in [0.2, 0.25) is 0 Å². The van der Waals surface area contributed by atoms with Crippen LogP contribution in [0.3, 0.4) is 0 Å². The number of aromatic nitrogens is 1. The Bertz CT molecular complexity index is 829. The summed E-state index contributed by atoms with van der Waals surface area (Å²) in [4.78, 5) is 6.11. The normalized spacial score (nSPS) is 24.8. The Hall–Kier alpha value is -1.84. The molecule has 1 atom stereocenters. The number of hydrogen-bond acceptors (Lipinski definition) is 2. The second-order valence-corrected chi connectivity index (χ2v) is 7.24. The van der Waals surface area contributed by atoms with Crippen LogP contribution in [0.25, 0.3) is 22.0 Å². The Morgan fingerprint density at radius 2 is 2.17 bits per heavy atom. The van der Waals surface area contributed by atoms with Gasteiger partial charge in [0.15, 0.2) is 0 Å². The van der Waals surface area contributed by atoms with Crippen LogP contribution in [0.4, 0.5) is 0 Å². The van der Waals surface area contributed by atoms with Crippen LogP contribution in [0.1, 0.15) is 36.8 Å². The van der Waals surface area contributed by atoms with Gasteiger partial charge in [-0.05, 0) is 61.1 Å². The zero-order chi connectivity index (χ0) is 15.9. The van der Waals surface area contributed by atoms with Gasteiger partial charge in [0.25, 0.3) is 0 Å². The van der Waals surface area contributed by atoms with Gasteiger partial charge in [-0.15, -0.1) is 0 Å². The fourth-order valence-electron chi connectivity index (χ4n) is 4.53. The highest BCUT2D eigenvalue weighted by molar-refractivity contribution is 5.95. The maximum atomic E-state index is 5.46. The summed E-state index contributed by atoms with van der Waals surface area (Å²) in [5.41, 5.74) is 6.96. The van der Waals surface area contributed by atoms with Crippen molar-refractivity contribution in [2.75, 3.05) is 26.3 Å². The Morgan fingerprint density at radius 3 is 3.08 bits per heavy atom. The molecule has 3 nitrogen and oxygen atoms in total. The van der Waals surface area contributed by atoms with Crippen molar-refractivity contribution in [3.8, 4) is 0 Å². The molecule has 2 aromatic rings. The van der Waals surface area contributed by atoms with E-state index in [0.29, 0.717) is 0 Å². The van der Waals surface area contributed by atoms with Crippen LogP contribution < -0.4 is 0 Å². The van der Waals surface area contributed by atoms with E-state index in [9.17, 15) is 0 Å². The van der Waals surface area contributed by atoms with Gasteiger partial charge in [-0.2, -0.15) is 0 Å². The number of rotatable bonds is 2. The minimum absolute atomic E-state index is 0.746. The molecule has 0 spiro atoms. The highest BCUT2D eigenvalue weighted by Gasteiger charge is 2.28. The van der Waals surface area contributed by atoms with Crippen LogP contribution in [-0.4, -0.2) is 42.2 Å². The van der Waals surface area contributed by atoms with Crippen molar-refractivity contribution in [2.45, 2.75) is 31.7 Å². The minimum atomic E-state index is 0.746. The lowest BCUT2D eigenvalue weighted by atomic mass is 9.92. The maximum absolute atomic E-state index is 5.46. The van der Waals surface area contributed by atoms with E-state index in [4.69, 9.17) is 4.74 Å². The van der Waals surface area contributed by atoms with Gasteiger partial charge in [0.1, 0.15) is 0 Å². The van der Waals surface area contributed by atoms with Crippen LogP contribution in [0.5, 0.6) is 0 Å². The van der Waals surface area contributed by atoms with E-state index < -0.39 is 0 Å². The predicted octanol–water partition coefficient (Wildman–Crippen LogP) is 4.22. The highest BCUT2D eigenvalue weighted by atomic mass is 16.5. The molecule has 4 heterocycles. The van der Waals surface area contributed by atoms with Crippen molar-refractivity contribution in [3.05, 3.63) is 47.7 Å². The predicted molar refractivity (Wildman–Crippen MR) is 98.9 cm³/mol. The smallest absolute Gasteiger partial charge is 0.0653 e. The molecule has 1 aromatic heterocycles. The Morgan fingerprint density at radius 1 is 1.17 bits per heavy atom. The second-order valence-electron chi connectivity index (χ2n) is 7.24. The fraction of sp³-hybridized carbons (Fsp3) is 0.429. The molecule has 1 N–H and O–H groups in total. The SMILES string of the molecule is C1=C(c2ccc3[nH]cc(C4=CCN5CCC[C@@H]5C4)c3c2)CCOC1. The monoisotopic (exact) mass is 320 g/mol. The van der Waals surface area contributed by atoms with E-state index in [2.05, 4.69) is 46.4 Å². The van der Waals surface area contributed by atoms with Crippen LogP contribution >= 0.6 is 0 Å². The zero-order valence-corrected chi connectivity index (χ0v) is 14.1. The Kier molecular flexibility index (Phi) is 3.57. The first-order valence-corrected chi connectivity index (χ1v) is 9.20. The first-order valence-electron chi connectivity index (χ1n) is 9.20. The summed E-state index contributed by atoms with van der Waals surface area (Å²) in [7, 11) is 0. The summed E-state index contributed by atoms with van der Waals surface area (Å²) in [6, 6.07) is 7.61. The lowest BCUT2D eigenvalue weighted by molar-refractivity contribution is 0.161. The molecule has 3 heteroatoms. The average molecular weight is 320 g/mol. The lowest BCUT2D eigenvalue weighted by Crippen LogP contribution is -2.32. The standard InChI is InChI=1S/C21H24N2O/c1-2-18-12-17(5-9-23(18)8-1)20-14-22-21-4-3-16(13-19(20)21)15-6-10-24-11-7-15/h3-6,13-14,18,22H,1-2,7-12H2/t18-/m1/s1. The molecule has 3 aliphatic heterocycles. The molecular weight excluding hydrogens is 296 g/mol. The van der Waals surface area contributed by atoms with E-state index >= 15 is 0 Å². The van der Waals surface area contributed by atoms with Crippen LogP contribution in [0, 0.1) is 0 Å². The minimum Gasteiger partial charge on any atom is -0.377 e. The number of H-pyrrole nitrogens is 1. The van der Waals surface area contributed by atoms with E-state index in [1.54, 1.807) is 0 Å². The molecule has 0 saturated carbocycles. The van der Waals surface area contributed by atoms with Gasteiger partial charge in [-0.3, -0.25) is 4.90 Å².